The van der Waals surface area contributed by atoms with Crippen LogP contribution in [-0.2, 0) is 13.1 Å². The van der Waals surface area contributed by atoms with Gasteiger partial charge in [-0.2, -0.15) is 10.4 Å². The third kappa shape index (κ3) is 3.42. The van der Waals surface area contributed by atoms with Crippen molar-refractivity contribution in [3.8, 4) is 18.4 Å². The van der Waals surface area contributed by atoms with E-state index < -0.39 is 0 Å². The fourth-order valence-electron chi connectivity index (χ4n) is 1.72. The van der Waals surface area contributed by atoms with Crippen molar-refractivity contribution in [2.45, 2.75) is 13.1 Å². The van der Waals surface area contributed by atoms with E-state index in [0.29, 0.717) is 12.1 Å². The number of anilines is 1. The monoisotopic (exact) mass is 298 g/mol. The molecule has 1 N–H and O–H groups in total. The molecule has 6 heteroatoms. The van der Waals surface area contributed by atoms with Gasteiger partial charge in [-0.15, -0.1) is 6.42 Å². The van der Waals surface area contributed by atoms with Gasteiger partial charge < -0.3 is 5.32 Å². The number of nitrogens with one attached hydrogen (secondary N) is 1. The zero-order valence-electron chi connectivity index (χ0n) is 11.0. The molecule has 0 aliphatic heterocycles. The average Bonchev–Trinajstić information content (AvgIpc) is 2.51. The molecule has 2 rings (SSSR count). The van der Waals surface area contributed by atoms with Crippen molar-refractivity contribution in [2.75, 3.05) is 5.32 Å². The highest BCUT2D eigenvalue weighted by molar-refractivity contribution is 6.32. The highest BCUT2D eigenvalue weighted by Crippen LogP contribution is 2.16. The molecule has 104 valence electrons. The van der Waals surface area contributed by atoms with Crippen LogP contribution >= 0.6 is 11.6 Å². The molecule has 1 aromatic heterocycles. The molecule has 0 aliphatic carbocycles. The minimum atomic E-state index is -0.367. The normalized spacial score (nSPS) is 9.67. The Hall–Kier alpha value is -2.76. The Morgan fingerprint density at radius 3 is 2.71 bits per heavy atom. The summed E-state index contributed by atoms with van der Waals surface area (Å²) in [5, 5.41) is 15.8. The summed E-state index contributed by atoms with van der Waals surface area (Å²) in [5.41, 5.74) is 1.39. The van der Waals surface area contributed by atoms with Gasteiger partial charge in [0.1, 0.15) is 12.2 Å². The van der Waals surface area contributed by atoms with Crippen LogP contribution in [0.4, 0.5) is 5.69 Å². The van der Waals surface area contributed by atoms with Crippen molar-refractivity contribution >= 4 is 17.3 Å². The van der Waals surface area contributed by atoms with E-state index in [1.165, 1.54) is 6.20 Å². The van der Waals surface area contributed by atoms with Crippen molar-refractivity contribution in [3.05, 3.63) is 57.0 Å². The van der Waals surface area contributed by atoms with Crippen LogP contribution in [0.25, 0.3) is 0 Å². The smallest absolute Gasteiger partial charge is 0.292 e. The lowest BCUT2D eigenvalue weighted by Gasteiger charge is -2.09. The van der Waals surface area contributed by atoms with Gasteiger partial charge in [0.05, 0.1) is 22.9 Å². The largest absolute Gasteiger partial charge is 0.375 e. The molecule has 0 saturated heterocycles. The van der Waals surface area contributed by atoms with Gasteiger partial charge in [-0.3, -0.25) is 4.79 Å². The molecule has 1 aromatic carbocycles. The summed E-state index contributed by atoms with van der Waals surface area (Å²) in [7, 11) is 0. The lowest BCUT2D eigenvalue weighted by Crippen LogP contribution is -2.25. The van der Waals surface area contributed by atoms with E-state index in [1.54, 1.807) is 24.3 Å². The molecule has 0 spiro atoms. The van der Waals surface area contributed by atoms with Crippen LogP contribution in [0, 0.1) is 23.7 Å². The van der Waals surface area contributed by atoms with E-state index in [9.17, 15) is 4.79 Å². The maximum absolute atomic E-state index is 12.1. The molecule has 0 fully saturated rings. The van der Waals surface area contributed by atoms with E-state index >= 15 is 0 Å². The number of benzene rings is 1. The number of hydrogen-bond acceptors (Lipinski definition) is 4. The summed E-state index contributed by atoms with van der Waals surface area (Å²) in [6.07, 6.45) is 6.56. The predicted octanol–water partition coefficient (Wildman–Crippen LogP) is 2.01. The molecule has 0 aliphatic rings. The summed E-state index contributed by atoms with van der Waals surface area (Å²) in [4.78, 5) is 12.1. The second-order valence-corrected chi connectivity index (χ2v) is 4.60. The molecule has 0 atom stereocenters. The summed E-state index contributed by atoms with van der Waals surface area (Å²) >= 11 is 5.98. The summed E-state index contributed by atoms with van der Waals surface area (Å²) in [6.45, 7) is 0.488. The standard InChI is InChI=1S/C15H11ClN4O/c1-2-7-20-15(21)14(13(16)10-19-20)18-9-12-5-3-11(8-17)4-6-12/h1,3-6,10,18H,7,9H2. The van der Waals surface area contributed by atoms with Crippen LogP contribution < -0.4 is 10.9 Å². The summed E-state index contributed by atoms with van der Waals surface area (Å²) in [5.74, 6) is 2.36. The van der Waals surface area contributed by atoms with Crippen LogP contribution in [0.5, 0.6) is 0 Å². The fraction of sp³-hybridized carbons (Fsp3) is 0.133. The quantitative estimate of drug-likeness (QED) is 0.877. The molecule has 0 saturated carbocycles. The third-order valence-corrected chi connectivity index (χ3v) is 3.08. The van der Waals surface area contributed by atoms with E-state index in [4.69, 9.17) is 23.3 Å². The van der Waals surface area contributed by atoms with Crippen molar-refractivity contribution in [1.82, 2.24) is 9.78 Å². The van der Waals surface area contributed by atoms with E-state index in [2.05, 4.69) is 16.3 Å². The Morgan fingerprint density at radius 2 is 2.10 bits per heavy atom. The Labute approximate surface area is 126 Å². The van der Waals surface area contributed by atoms with E-state index in [-0.39, 0.29) is 22.8 Å². The van der Waals surface area contributed by atoms with Gasteiger partial charge in [0.15, 0.2) is 0 Å². The zero-order valence-corrected chi connectivity index (χ0v) is 11.8. The third-order valence-electron chi connectivity index (χ3n) is 2.79. The van der Waals surface area contributed by atoms with Crippen molar-refractivity contribution in [1.29, 1.82) is 5.26 Å². The molecule has 0 unspecified atom stereocenters. The first kappa shape index (κ1) is 14.6. The highest BCUT2D eigenvalue weighted by atomic mass is 35.5. The molecule has 2 aromatic rings. The minimum absolute atomic E-state index is 0.0849. The molecule has 0 amide bonds. The van der Waals surface area contributed by atoms with Gasteiger partial charge in [0.25, 0.3) is 5.56 Å². The Balaban J connectivity index is 2.20. The highest BCUT2D eigenvalue weighted by Gasteiger charge is 2.09. The van der Waals surface area contributed by atoms with Crippen LogP contribution in [0.15, 0.2) is 35.3 Å². The molecule has 0 radical (unpaired) electrons. The van der Waals surface area contributed by atoms with Crippen LogP contribution in [-0.4, -0.2) is 9.78 Å². The first-order chi connectivity index (χ1) is 10.2. The van der Waals surface area contributed by atoms with Crippen LogP contribution in [0.3, 0.4) is 0 Å². The van der Waals surface area contributed by atoms with Gasteiger partial charge >= 0.3 is 0 Å². The average molecular weight is 299 g/mol. The zero-order chi connectivity index (χ0) is 15.2. The topological polar surface area (TPSA) is 70.7 Å². The number of halogens is 1. The first-order valence-electron chi connectivity index (χ1n) is 6.07. The van der Waals surface area contributed by atoms with Crippen LogP contribution in [0.2, 0.25) is 5.02 Å². The van der Waals surface area contributed by atoms with Gasteiger partial charge in [-0.1, -0.05) is 29.7 Å². The Morgan fingerprint density at radius 1 is 1.38 bits per heavy atom. The van der Waals surface area contributed by atoms with E-state index in [0.717, 1.165) is 10.2 Å². The Bertz CT molecular complexity index is 781. The van der Waals surface area contributed by atoms with Gasteiger partial charge in [0.2, 0.25) is 0 Å². The summed E-state index contributed by atoms with van der Waals surface area (Å²) in [6, 6.07) is 9.08. The maximum Gasteiger partial charge on any atom is 0.292 e. The fourth-order valence-corrected chi connectivity index (χ4v) is 1.91. The number of aromatic nitrogens is 2. The van der Waals surface area contributed by atoms with Crippen molar-refractivity contribution in [2.24, 2.45) is 0 Å². The minimum Gasteiger partial charge on any atom is -0.375 e. The Kier molecular flexibility index (Phi) is 4.61. The number of nitriles is 1. The summed E-state index contributed by atoms with van der Waals surface area (Å²) < 4.78 is 1.16. The first-order valence-corrected chi connectivity index (χ1v) is 6.45. The number of terminal acetylenes is 1. The lowest BCUT2D eigenvalue weighted by atomic mass is 10.1. The molecule has 0 bridgehead atoms. The van der Waals surface area contributed by atoms with Crippen molar-refractivity contribution in [3.63, 3.8) is 0 Å². The molecule has 5 nitrogen and oxygen atoms in total. The van der Waals surface area contributed by atoms with Crippen LogP contribution in [0.1, 0.15) is 11.1 Å². The molecule has 21 heavy (non-hydrogen) atoms. The number of rotatable bonds is 4. The number of nitrogens with zero attached hydrogens (tertiary/aromatic N) is 3. The van der Waals surface area contributed by atoms with Gasteiger partial charge in [-0.05, 0) is 17.7 Å². The SMILES string of the molecule is C#CCn1ncc(Cl)c(NCc2ccc(C#N)cc2)c1=O. The number of hydrogen-bond donors (Lipinski definition) is 1. The second-order valence-electron chi connectivity index (χ2n) is 4.20. The molecule has 1 heterocycles. The second kappa shape index (κ2) is 6.60. The maximum atomic E-state index is 12.1. The molecular weight excluding hydrogens is 288 g/mol. The lowest BCUT2D eigenvalue weighted by molar-refractivity contribution is 0.664. The van der Waals surface area contributed by atoms with E-state index in [1.807, 2.05) is 6.07 Å². The predicted molar refractivity (Wildman–Crippen MR) is 80.8 cm³/mol. The van der Waals surface area contributed by atoms with Crippen molar-refractivity contribution < 1.29 is 0 Å². The molecular formula is C15H11ClN4O. The van der Waals surface area contributed by atoms with Gasteiger partial charge in [-0.25, -0.2) is 4.68 Å². The van der Waals surface area contributed by atoms with Gasteiger partial charge in [0, 0.05) is 6.54 Å².